The van der Waals surface area contributed by atoms with Crippen molar-refractivity contribution in [3.8, 4) is 23.0 Å². The van der Waals surface area contributed by atoms with Crippen molar-refractivity contribution < 1.29 is 39.5 Å². The molecule has 0 saturated carbocycles. The van der Waals surface area contributed by atoms with Crippen LogP contribution in [0.5, 0.6) is 23.0 Å². The quantitative estimate of drug-likeness (QED) is 0.0510. The third-order valence-corrected chi connectivity index (χ3v) is 9.89. The van der Waals surface area contributed by atoms with Gasteiger partial charge < -0.3 is 17.8 Å². The fraction of sp³-hybridized carbons (Fsp3) is 0.324. The van der Waals surface area contributed by atoms with Crippen LogP contribution in [0, 0.1) is 0 Å². The summed E-state index contributed by atoms with van der Waals surface area (Å²) in [6, 6.07) is 23.7. The van der Waals surface area contributed by atoms with Gasteiger partial charge in [0.25, 0.3) is 0 Å². The maximum atomic E-state index is 14.2. The van der Waals surface area contributed by atoms with E-state index in [1.54, 1.807) is 48.5 Å². The van der Waals surface area contributed by atoms with Crippen LogP contribution in [-0.2, 0) is 20.2 Å². The van der Waals surface area contributed by atoms with Gasteiger partial charge in [0.2, 0.25) is 5.78 Å². The summed E-state index contributed by atoms with van der Waals surface area (Å²) in [6.07, 6.45) is 7.82. The summed E-state index contributed by atoms with van der Waals surface area (Å²) in [7, 11) is -8.71. The molecule has 0 atom stereocenters. The molecule has 0 aliphatic heterocycles. The Morgan fingerprint density at radius 2 is 0.917 bits per heavy atom. The van der Waals surface area contributed by atoms with Crippen LogP contribution >= 0.6 is 0 Å². The lowest BCUT2D eigenvalue weighted by Gasteiger charge is -2.16. The van der Waals surface area contributed by atoms with Crippen molar-refractivity contribution in [1.29, 1.82) is 0 Å². The molecule has 11 heteroatoms. The Bertz CT molecular complexity index is 1710. The van der Waals surface area contributed by atoms with E-state index < -0.39 is 26.0 Å². The molecule has 0 heterocycles. The second kappa shape index (κ2) is 17.7. The lowest BCUT2D eigenvalue weighted by atomic mass is 10.0. The standard InChI is InChI=1S/C37H42O9S2/c1-3-5-7-15-25-43-29-21-23-33(35(27-29)45-47(39,40)31-17-11-9-12-18-31)37(38)34-24-22-30(44-26-16-8-6-4-2)28-36(34)46-48(41,42)32-19-13-10-14-20-32/h9-14,17-24,27-28H,3-8,15-16,25-26H2,1-2H3. The van der Waals surface area contributed by atoms with E-state index in [-0.39, 0.29) is 32.4 Å². The van der Waals surface area contributed by atoms with Crippen LogP contribution in [0.1, 0.15) is 81.1 Å². The van der Waals surface area contributed by atoms with Crippen molar-refractivity contribution >= 4 is 26.0 Å². The monoisotopic (exact) mass is 694 g/mol. The highest BCUT2D eigenvalue weighted by atomic mass is 32.2. The molecule has 4 aromatic carbocycles. The molecule has 0 unspecified atom stereocenters. The van der Waals surface area contributed by atoms with Gasteiger partial charge in [-0.3, -0.25) is 4.79 Å². The van der Waals surface area contributed by atoms with E-state index in [1.165, 1.54) is 48.5 Å². The molecule has 48 heavy (non-hydrogen) atoms. The van der Waals surface area contributed by atoms with Crippen LogP contribution in [0.15, 0.2) is 107 Å². The van der Waals surface area contributed by atoms with Gasteiger partial charge in [0.15, 0.2) is 11.5 Å². The highest BCUT2D eigenvalue weighted by Gasteiger charge is 2.27. The first kappa shape index (κ1) is 36.5. The number of carbonyl (C=O) groups is 1. The normalized spacial score (nSPS) is 11.5. The summed E-state index contributed by atoms with van der Waals surface area (Å²) >= 11 is 0. The summed E-state index contributed by atoms with van der Waals surface area (Å²) in [5, 5.41) is 0. The third-order valence-electron chi connectivity index (χ3n) is 7.39. The van der Waals surface area contributed by atoms with Crippen LogP contribution < -0.4 is 17.8 Å². The number of rotatable bonds is 20. The average Bonchev–Trinajstić information content (AvgIpc) is 3.08. The molecule has 0 aliphatic rings. The molecule has 4 aromatic rings. The molecule has 0 amide bonds. The van der Waals surface area contributed by atoms with Crippen LogP contribution in [0.4, 0.5) is 0 Å². The Morgan fingerprint density at radius 1 is 0.521 bits per heavy atom. The molecule has 4 rings (SSSR count). The molecule has 0 saturated heterocycles. The van der Waals surface area contributed by atoms with Crippen molar-refractivity contribution in [2.75, 3.05) is 13.2 Å². The first-order valence-corrected chi connectivity index (χ1v) is 19.0. The topological polar surface area (TPSA) is 122 Å². The Hall–Kier alpha value is -4.35. The minimum Gasteiger partial charge on any atom is -0.493 e. The predicted octanol–water partition coefficient (Wildman–Crippen LogP) is 8.37. The van der Waals surface area contributed by atoms with Crippen LogP contribution in [-0.4, -0.2) is 35.8 Å². The van der Waals surface area contributed by atoms with Crippen molar-refractivity contribution in [1.82, 2.24) is 0 Å². The third kappa shape index (κ3) is 10.3. The van der Waals surface area contributed by atoms with Gasteiger partial charge in [-0.25, -0.2) is 0 Å². The minimum absolute atomic E-state index is 0.104. The van der Waals surface area contributed by atoms with Crippen molar-refractivity contribution in [2.24, 2.45) is 0 Å². The minimum atomic E-state index is -4.35. The van der Waals surface area contributed by atoms with Crippen LogP contribution in [0.3, 0.4) is 0 Å². The Labute approximate surface area is 284 Å². The van der Waals surface area contributed by atoms with E-state index in [0.29, 0.717) is 24.7 Å². The Morgan fingerprint density at radius 3 is 1.29 bits per heavy atom. The van der Waals surface area contributed by atoms with E-state index in [1.807, 2.05) is 0 Å². The van der Waals surface area contributed by atoms with Gasteiger partial charge in [0.1, 0.15) is 21.3 Å². The Kier molecular flexibility index (Phi) is 13.5. The molecule has 256 valence electrons. The van der Waals surface area contributed by atoms with Gasteiger partial charge in [0, 0.05) is 12.1 Å². The lowest BCUT2D eigenvalue weighted by Crippen LogP contribution is -2.15. The number of ether oxygens (including phenoxy) is 2. The molecule has 0 bridgehead atoms. The number of benzene rings is 4. The van der Waals surface area contributed by atoms with Gasteiger partial charge in [0.05, 0.1) is 24.3 Å². The second-order valence-electron chi connectivity index (χ2n) is 11.2. The highest BCUT2D eigenvalue weighted by Crippen LogP contribution is 2.35. The molecule has 0 N–H and O–H groups in total. The van der Waals surface area contributed by atoms with E-state index in [0.717, 1.165) is 51.4 Å². The van der Waals surface area contributed by atoms with E-state index >= 15 is 0 Å². The van der Waals surface area contributed by atoms with Gasteiger partial charge in [-0.05, 0) is 61.4 Å². The zero-order chi connectivity index (χ0) is 34.4. The van der Waals surface area contributed by atoms with Crippen molar-refractivity contribution in [2.45, 2.75) is 75.0 Å². The van der Waals surface area contributed by atoms with Gasteiger partial charge >= 0.3 is 20.2 Å². The summed E-state index contributed by atoms with van der Waals surface area (Å²) in [5.41, 5.74) is -0.272. The van der Waals surface area contributed by atoms with Crippen molar-refractivity contribution in [3.05, 3.63) is 108 Å². The summed E-state index contributed by atoms with van der Waals surface area (Å²) in [6.45, 7) is 5.01. The Balaban J connectivity index is 1.72. The number of ketones is 1. The zero-order valence-electron chi connectivity index (χ0n) is 27.3. The number of unbranched alkanes of at least 4 members (excludes halogenated alkanes) is 6. The smallest absolute Gasteiger partial charge is 0.339 e. The van der Waals surface area contributed by atoms with Crippen LogP contribution in [0.2, 0.25) is 0 Å². The zero-order valence-corrected chi connectivity index (χ0v) is 28.9. The molecule has 0 fully saturated rings. The predicted molar refractivity (Wildman–Crippen MR) is 184 cm³/mol. The molecule has 0 aromatic heterocycles. The van der Waals surface area contributed by atoms with E-state index in [4.69, 9.17) is 17.8 Å². The lowest BCUT2D eigenvalue weighted by molar-refractivity contribution is 0.103. The summed E-state index contributed by atoms with van der Waals surface area (Å²) in [4.78, 5) is 14.0. The maximum Gasteiger partial charge on any atom is 0.339 e. The first-order valence-electron chi connectivity index (χ1n) is 16.2. The summed E-state index contributed by atoms with van der Waals surface area (Å²) < 4.78 is 76.0. The fourth-order valence-electron chi connectivity index (χ4n) is 4.79. The largest absolute Gasteiger partial charge is 0.493 e. The first-order chi connectivity index (χ1) is 23.1. The number of hydrogen-bond donors (Lipinski definition) is 0. The van der Waals surface area contributed by atoms with E-state index in [9.17, 15) is 21.6 Å². The van der Waals surface area contributed by atoms with E-state index in [2.05, 4.69) is 13.8 Å². The van der Waals surface area contributed by atoms with Gasteiger partial charge in [-0.1, -0.05) is 88.8 Å². The molecule has 0 radical (unpaired) electrons. The molecule has 0 spiro atoms. The molecule has 9 nitrogen and oxygen atoms in total. The second-order valence-corrected chi connectivity index (χ2v) is 14.3. The number of hydrogen-bond acceptors (Lipinski definition) is 9. The summed E-state index contributed by atoms with van der Waals surface area (Å²) in [5.74, 6) is -0.644. The number of carbonyl (C=O) groups excluding carboxylic acids is 1. The highest BCUT2D eigenvalue weighted by molar-refractivity contribution is 7.87. The van der Waals surface area contributed by atoms with Crippen molar-refractivity contribution in [3.63, 3.8) is 0 Å². The van der Waals surface area contributed by atoms with Gasteiger partial charge in [-0.2, -0.15) is 16.8 Å². The SMILES string of the molecule is CCCCCCOc1ccc(C(=O)c2ccc(OCCCCCC)cc2OS(=O)(=O)c2ccccc2)c(OS(=O)(=O)c2ccccc2)c1. The average molecular weight is 695 g/mol. The molecule has 0 aliphatic carbocycles. The fourth-order valence-corrected chi connectivity index (χ4v) is 6.71. The maximum absolute atomic E-state index is 14.2. The molecular formula is C37H42O9S2. The molecular weight excluding hydrogens is 653 g/mol. The van der Waals surface area contributed by atoms with Crippen LogP contribution in [0.25, 0.3) is 0 Å². The van der Waals surface area contributed by atoms with Gasteiger partial charge in [-0.15, -0.1) is 0 Å².